The van der Waals surface area contributed by atoms with E-state index >= 15 is 0 Å². The predicted molar refractivity (Wildman–Crippen MR) is 164 cm³/mol. The van der Waals surface area contributed by atoms with Gasteiger partial charge in [-0.1, -0.05) is 33.8 Å². The maximum atomic E-state index is 7.19. The Bertz CT molecular complexity index is 949. The third kappa shape index (κ3) is 6.98. The van der Waals surface area contributed by atoms with Gasteiger partial charge in [0.25, 0.3) is 0 Å². The monoisotopic (exact) mass is 575 g/mol. The smallest absolute Gasteiger partial charge is 0.192 e. The number of rotatable bonds is 14. The third-order valence-electron chi connectivity index (χ3n) is 10.9. The summed E-state index contributed by atoms with van der Waals surface area (Å²) in [5, 5.41) is 0.239. The average molecular weight is 576 g/mol. The van der Waals surface area contributed by atoms with Crippen LogP contribution in [-0.4, -0.2) is 61.3 Å². The van der Waals surface area contributed by atoms with Crippen LogP contribution in [0.4, 0.5) is 0 Å². The molecule has 0 saturated heterocycles. The molecule has 40 heavy (non-hydrogen) atoms. The van der Waals surface area contributed by atoms with E-state index in [-0.39, 0.29) is 17.2 Å². The molecule has 0 heterocycles. The molecule has 0 aliphatic heterocycles. The van der Waals surface area contributed by atoms with Gasteiger partial charge in [0.1, 0.15) is 5.75 Å². The van der Waals surface area contributed by atoms with Crippen molar-refractivity contribution in [3.63, 3.8) is 0 Å². The van der Waals surface area contributed by atoms with Crippen molar-refractivity contribution in [1.29, 1.82) is 0 Å². The lowest BCUT2D eigenvalue weighted by Crippen LogP contribution is -2.51. The molecule has 3 aliphatic carbocycles. The molecule has 0 aromatic heterocycles. The zero-order valence-electron chi connectivity index (χ0n) is 26.4. The van der Waals surface area contributed by atoms with Crippen molar-refractivity contribution < 1.29 is 23.4 Å². The molecule has 7 heteroatoms. The molecule has 1 aromatic rings. The van der Waals surface area contributed by atoms with Crippen molar-refractivity contribution in [2.45, 2.75) is 103 Å². The lowest BCUT2D eigenvalue weighted by atomic mass is 9.52. The van der Waals surface area contributed by atoms with Crippen LogP contribution in [0.1, 0.15) is 83.3 Å². The first kappa shape index (κ1) is 32.0. The van der Waals surface area contributed by atoms with E-state index in [1.165, 1.54) is 37.7 Å². The minimum atomic E-state index is -1.83. The van der Waals surface area contributed by atoms with E-state index in [0.29, 0.717) is 56.1 Å². The largest absolute Gasteiger partial charge is 0.468 e. The van der Waals surface area contributed by atoms with Crippen molar-refractivity contribution in [2.75, 3.05) is 46.9 Å². The fraction of sp³-hybridized carbons (Fsp3) is 0.818. The van der Waals surface area contributed by atoms with Gasteiger partial charge in [0.05, 0.1) is 25.9 Å². The summed E-state index contributed by atoms with van der Waals surface area (Å²) in [5.74, 6) is 3.61. The standard InChI is InChI=1S/C33H57NO5Si/c1-32(2,3)40(6,7)39-30-13-12-29-31-24(9-8-17-36-18-16-34)21-25-22-26(38-23-37-20-19-35-5)10-11-27(25)28(31)14-15-33(29,30)4/h10-11,22,24,28-31H,8-9,12-21,23,34H2,1-7H3/t24-,28-,29+,30+,31-,33+/m1/s1. The van der Waals surface area contributed by atoms with Gasteiger partial charge in [-0.05, 0) is 115 Å². The number of fused-ring (bicyclic) bond motifs is 5. The van der Waals surface area contributed by atoms with Gasteiger partial charge in [0.15, 0.2) is 15.1 Å². The number of hydrogen-bond donors (Lipinski definition) is 1. The van der Waals surface area contributed by atoms with Gasteiger partial charge in [0, 0.05) is 20.3 Å². The Balaban J connectivity index is 1.54. The van der Waals surface area contributed by atoms with Gasteiger partial charge < -0.3 is 29.1 Å². The number of methoxy groups -OCH3 is 1. The topological polar surface area (TPSA) is 72.2 Å². The zero-order chi connectivity index (χ0) is 29.0. The zero-order valence-corrected chi connectivity index (χ0v) is 27.4. The van der Waals surface area contributed by atoms with Crippen LogP contribution in [0.2, 0.25) is 18.1 Å². The molecule has 0 spiro atoms. The molecule has 0 unspecified atom stereocenters. The maximum Gasteiger partial charge on any atom is 0.192 e. The lowest BCUT2D eigenvalue weighted by molar-refractivity contribution is -0.0354. The van der Waals surface area contributed by atoms with E-state index in [1.54, 1.807) is 12.7 Å². The van der Waals surface area contributed by atoms with E-state index in [2.05, 4.69) is 59.0 Å². The van der Waals surface area contributed by atoms with E-state index in [9.17, 15) is 0 Å². The SMILES string of the molecule is COCCOCOc1ccc2c(c1)C[C@@H](CCCOCCN)[C@@H]1[C@@H]2CC[C@]2(C)[C@@H](O[Si](C)(C)C(C)(C)C)CC[C@@H]12. The highest BCUT2D eigenvalue weighted by Crippen LogP contribution is 2.64. The Kier molecular flexibility index (Phi) is 10.8. The second-order valence-corrected chi connectivity index (χ2v) is 19.1. The quantitative estimate of drug-likeness (QED) is 0.148. The van der Waals surface area contributed by atoms with Gasteiger partial charge in [-0.25, -0.2) is 0 Å². The molecule has 2 fully saturated rings. The summed E-state index contributed by atoms with van der Waals surface area (Å²) in [4.78, 5) is 0. The summed E-state index contributed by atoms with van der Waals surface area (Å²) >= 11 is 0. The highest BCUT2D eigenvalue weighted by molar-refractivity contribution is 6.74. The fourth-order valence-electron chi connectivity index (χ4n) is 7.76. The molecular weight excluding hydrogens is 518 g/mol. The van der Waals surface area contributed by atoms with Gasteiger partial charge in [-0.2, -0.15) is 0 Å². The Labute approximate surface area is 245 Å². The van der Waals surface area contributed by atoms with Crippen LogP contribution >= 0.6 is 0 Å². The summed E-state index contributed by atoms with van der Waals surface area (Å²) < 4.78 is 29.6. The van der Waals surface area contributed by atoms with E-state index in [0.717, 1.165) is 25.2 Å². The van der Waals surface area contributed by atoms with Gasteiger partial charge in [0.2, 0.25) is 0 Å². The summed E-state index contributed by atoms with van der Waals surface area (Å²) in [7, 11) is -0.145. The second kappa shape index (κ2) is 13.6. The van der Waals surface area contributed by atoms with Crippen LogP contribution in [0, 0.1) is 23.2 Å². The van der Waals surface area contributed by atoms with Gasteiger partial charge in [-0.15, -0.1) is 0 Å². The first-order valence-electron chi connectivity index (χ1n) is 15.8. The molecule has 6 nitrogen and oxygen atoms in total. The molecule has 0 amide bonds. The molecular formula is C33H57NO5Si. The van der Waals surface area contributed by atoms with Crippen molar-refractivity contribution in [3.8, 4) is 5.75 Å². The van der Waals surface area contributed by atoms with Crippen LogP contribution in [0.25, 0.3) is 0 Å². The first-order chi connectivity index (χ1) is 19.0. The highest BCUT2D eigenvalue weighted by Gasteiger charge is 2.58. The number of nitrogens with two attached hydrogens (primary N) is 1. The molecule has 2 N–H and O–H groups in total. The Morgan fingerprint density at radius 3 is 2.55 bits per heavy atom. The van der Waals surface area contributed by atoms with Crippen molar-refractivity contribution in [2.24, 2.45) is 28.9 Å². The van der Waals surface area contributed by atoms with Gasteiger partial charge >= 0.3 is 0 Å². The highest BCUT2D eigenvalue weighted by atomic mass is 28.4. The normalized spacial score (nSPS) is 30.1. The molecule has 6 atom stereocenters. The number of benzene rings is 1. The maximum absolute atomic E-state index is 7.19. The summed E-state index contributed by atoms with van der Waals surface area (Å²) in [6.45, 7) is 18.0. The van der Waals surface area contributed by atoms with Crippen LogP contribution < -0.4 is 10.5 Å². The van der Waals surface area contributed by atoms with Crippen molar-refractivity contribution in [3.05, 3.63) is 29.3 Å². The van der Waals surface area contributed by atoms with Crippen LogP contribution in [0.3, 0.4) is 0 Å². The lowest BCUT2D eigenvalue weighted by Gasteiger charge is -2.54. The summed E-state index contributed by atoms with van der Waals surface area (Å²) in [5.41, 5.74) is 8.96. The Morgan fingerprint density at radius 1 is 1.02 bits per heavy atom. The molecule has 4 rings (SSSR count). The molecule has 228 valence electrons. The minimum Gasteiger partial charge on any atom is -0.468 e. The van der Waals surface area contributed by atoms with Crippen LogP contribution in [0.15, 0.2) is 18.2 Å². The average Bonchev–Trinajstić information content (AvgIpc) is 3.22. The Morgan fingerprint density at radius 2 is 1.82 bits per heavy atom. The first-order valence-corrected chi connectivity index (χ1v) is 18.7. The minimum absolute atomic E-state index is 0.239. The molecule has 1 aromatic carbocycles. The molecule has 3 aliphatic rings. The molecule has 2 saturated carbocycles. The molecule has 0 bridgehead atoms. The van der Waals surface area contributed by atoms with Crippen molar-refractivity contribution >= 4 is 8.32 Å². The van der Waals surface area contributed by atoms with E-state index < -0.39 is 8.32 Å². The van der Waals surface area contributed by atoms with Crippen LogP contribution in [0.5, 0.6) is 5.75 Å². The van der Waals surface area contributed by atoms with E-state index in [1.807, 2.05) is 0 Å². The Hall–Kier alpha value is -0.963. The van der Waals surface area contributed by atoms with Crippen molar-refractivity contribution in [1.82, 2.24) is 0 Å². The van der Waals surface area contributed by atoms with E-state index in [4.69, 9.17) is 29.1 Å². The number of hydrogen-bond acceptors (Lipinski definition) is 6. The van der Waals surface area contributed by atoms with Crippen LogP contribution in [-0.2, 0) is 25.1 Å². The second-order valence-electron chi connectivity index (χ2n) is 14.3. The predicted octanol–water partition coefficient (Wildman–Crippen LogP) is 6.91. The van der Waals surface area contributed by atoms with Gasteiger partial charge in [-0.3, -0.25) is 0 Å². The third-order valence-corrected chi connectivity index (χ3v) is 15.4. The summed E-state index contributed by atoms with van der Waals surface area (Å²) in [6.07, 6.45) is 8.84. The molecule has 0 radical (unpaired) electrons. The fourth-order valence-corrected chi connectivity index (χ4v) is 9.21. The number of ether oxygens (including phenoxy) is 4. The summed E-state index contributed by atoms with van der Waals surface area (Å²) in [6, 6.07) is 6.80.